The van der Waals surface area contributed by atoms with Crippen LogP contribution in [0.1, 0.15) is 30.0 Å². The number of nitrogens with one attached hydrogen (secondary N) is 2. The van der Waals surface area contributed by atoms with Gasteiger partial charge in [-0.05, 0) is 64.0 Å². The monoisotopic (exact) mass is 734 g/mol. The summed E-state index contributed by atoms with van der Waals surface area (Å²) in [6.07, 6.45) is 0. The Morgan fingerprint density at radius 1 is 1.05 bits per heavy atom. The van der Waals surface area contributed by atoms with Crippen LogP contribution in [0.5, 0.6) is 5.75 Å². The Morgan fingerprint density at radius 3 is 2.32 bits per heavy atom. The summed E-state index contributed by atoms with van der Waals surface area (Å²) in [5.41, 5.74) is 1.58. The van der Waals surface area contributed by atoms with E-state index in [1.54, 1.807) is 49.4 Å². The Kier molecular flexibility index (Phi) is 11.6. The molecule has 11 nitrogen and oxygen atoms in total. The van der Waals surface area contributed by atoms with Crippen LogP contribution < -0.4 is 15.4 Å². The molecule has 3 atom stereocenters. The van der Waals surface area contributed by atoms with Gasteiger partial charge in [-0.2, -0.15) is 0 Å². The first-order valence-corrected chi connectivity index (χ1v) is 15.3. The van der Waals surface area contributed by atoms with Crippen molar-refractivity contribution in [1.82, 2.24) is 15.1 Å². The third-order valence-corrected chi connectivity index (χ3v) is 8.16. The number of aliphatic hydroxyl groups excluding tert-OH is 2. The number of carbonyl (C=O) groups excluding carboxylic acids is 4. The maximum atomic E-state index is 13.8. The van der Waals surface area contributed by atoms with Gasteiger partial charge >= 0.3 is 6.03 Å². The van der Waals surface area contributed by atoms with Gasteiger partial charge in [-0.3, -0.25) is 14.4 Å². The number of halogens is 2. The van der Waals surface area contributed by atoms with E-state index in [4.69, 9.17) is 26.6 Å². The molecule has 0 aliphatic carbocycles. The Bertz CT molecular complexity index is 1490. The van der Waals surface area contributed by atoms with E-state index < -0.39 is 41.8 Å². The molecule has 0 radical (unpaired) electrons. The molecule has 0 spiro atoms. The van der Waals surface area contributed by atoms with E-state index in [2.05, 4.69) is 33.2 Å². The summed E-state index contributed by atoms with van der Waals surface area (Å²) in [6, 6.07) is 17.6. The molecule has 4 N–H and O–H groups in total. The molecule has 0 unspecified atom stereocenters. The topological polar surface area (TPSA) is 149 Å². The van der Waals surface area contributed by atoms with Gasteiger partial charge in [0.2, 0.25) is 5.91 Å². The summed E-state index contributed by atoms with van der Waals surface area (Å²) >= 11 is 8.47. The van der Waals surface area contributed by atoms with E-state index in [9.17, 15) is 19.2 Å². The lowest BCUT2D eigenvalue weighted by Crippen LogP contribution is -2.50. The van der Waals surface area contributed by atoms with Crippen LogP contribution in [-0.4, -0.2) is 82.7 Å². The standard InChI is InChI=1S/C31H32ClIN4O7/c1-19(20-5-3-2-4-6-20)28(29(41)34-25-12-9-22(33)17-24(25)32)37-30(42)27(35-31(37)43)21-7-10-23(11-8-21)44-18-26(40)36(13-15-38)14-16-39/h2-12,17,19,27-28,38-39H,13-16,18H2,1H3,(H,34,41)(H,35,43)/t19-,27+,28-/m0/s1. The Balaban J connectivity index is 1.53. The van der Waals surface area contributed by atoms with E-state index in [1.807, 2.05) is 30.3 Å². The van der Waals surface area contributed by atoms with E-state index in [-0.39, 0.29) is 32.9 Å². The highest BCUT2D eigenvalue weighted by atomic mass is 127. The molecule has 1 aliphatic heterocycles. The number of hydrogen-bond acceptors (Lipinski definition) is 7. The Hall–Kier alpha value is -3.72. The molecule has 1 saturated heterocycles. The number of carbonyl (C=O) groups is 4. The number of imide groups is 1. The Morgan fingerprint density at radius 2 is 1.70 bits per heavy atom. The van der Waals surface area contributed by atoms with Crippen molar-refractivity contribution in [2.24, 2.45) is 0 Å². The van der Waals surface area contributed by atoms with Gasteiger partial charge < -0.3 is 30.5 Å². The molecule has 0 bridgehead atoms. The zero-order valence-electron chi connectivity index (χ0n) is 23.8. The lowest BCUT2D eigenvalue weighted by atomic mass is 9.91. The van der Waals surface area contributed by atoms with Crippen LogP contribution in [0.2, 0.25) is 5.02 Å². The van der Waals surface area contributed by atoms with Crippen molar-refractivity contribution >= 4 is 63.6 Å². The van der Waals surface area contributed by atoms with E-state index in [0.29, 0.717) is 22.0 Å². The minimum absolute atomic E-state index is 0.0708. The molecule has 5 amide bonds. The molecule has 1 fully saturated rings. The highest BCUT2D eigenvalue weighted by Crippen LogP contribution is 2.32. The van der Waals surface area contributed by atoms with Crippen LogP contribution in [0.4, 0.5) is 10.5 Å². The zero-order valence-corrected chi connectivity index (χ0v) is 26.7. The highest BCUT2D eigenvalue weighted by Gasteiger charge is 2.47. The molecule has 0 aromatic heterocycles. The molecule has 3 aromatic carbocycles. The number of nitrogens with zero attached hydrogens (tertiary/aromatic N) is 2. The molecule has 1 heterocycles. The normalized spacial score (nSPS) is 15.8. The molecule has 13 heteroatoms. The zero-order chi connectivity index (χ0) is 31.8. The third-order valence-electron chi connectivity index (χ3n) is 7.17. The highest BCUT2D eigenvalue weighted by molar-refractivity contribution is 14.1. The van der Waals surface area contributed by atoms with Crippen molar-refractivity contribution < 1.29 is 34.1 Å². The summed E-state index contributed by atoms with van der Waals surface area (Å²) in [5.74, 6) is -1.79. The molecular formula is C31H32ClIN4O7. The average Bonchev–Trinajstić information content (AvgIpc) is 3.31. The Labute approximate surface area is 273 Å². The fourth-order valence-corrected chi connectivity index (χ4v) is 5.79. The van der Waals surface area contributed by atoms with Gasteiger partial charge in [0.05, 0.1) is 23.9 Å². The van der Waals surface area contributed by atoms with Crippen molar-refractivity contribution in [2.75, 3.05) is 38.2 Å². The van der Waals surface area contributed by atoms with Crippen LogP contribution in [0, 0.1) is 3.57 Å². The molecule has 44 heavy (non-hydrogen) atoms. The number of aliphatic hydroxyl groups is 2. The smallest absolute Gasteiger partial charge is 0.325 e. The number of ether oxygens (including phenoxy) is 1. The fraction of sp³-hybridized carbons (Fsp3) is 0.290. The summed E-state index contributed by atoms with van der Waals surface area (Å²) in [4.78, 5) is 55.4. The van der Waals surface area contributed by atoms with E-state index in [1.165, 1.54) is 4.90 Å². The first kappa shape index (κ1) is 33.2. The summed E-state index contributed by atoms with van der Waals surface area (Å²) in [7, 11) is 0. The predicted octanol–water partition coefficient (Wildman–Crippen LogP) is 3.54. The number of rotatable bonds is 13. The van der Waals surface area contributed by atoms with Crippen LogP contribution >= 0.6 is 34.2 Å². The average molecular weight is 735 g/mol. The largest absolute Gasteiger partial charge is 0.484 e. The van der Waals surface area contributed by atoms with E-state index >= 15 is 0 Å². The molecule has 232 valence electrons. The number of amides is 5. The number of urea groups is 1. The number of anilines is 1. The van der Waals surface area contributed by atoms with Crippen LogP contribution in [0.3, 0.4) is 0 Å². The minimum Gasteiger partial charge on any atom is -0.484 e. The SMILES string of the molecule is C[C@@H](c1ccccc1)[C@@H](C(=O)Nc1ccc(I)cc1Cl)N1C(=O)N[C@H](c2ccc(OCC(=O)N(CCO)CCO)cc2)C1=O. The van der Waals surface area contributed by atoms with Crippen LogP contribution in [-0.2, 0) is 14.4 Å². The van der Waals surface area contributed by atoms with Gasteiger partial charge in [0.1, 0.15) is 17.8 Å². The van der Waals surface area contributed by atoms with Gasteiger partial charge in [-0.25, -0.2) is 9.69 Å². The molecule has 3 aromatic rings. The van der Waals surface area contributed by atoms with E-state index in [0.717, 1.165) is 14.0 Å². The quantitative estimate of drug-likeness (QED) is 0.155. The van der Waals surface area contributed by atoms with Gasteiger partial charge in [0.25, 0.3) is 11.8 Å². The van der Waals surface area contributed by atoms with Crippen molar-refractivity contribution in [3.8, 4) is 5.75 Å². The fourth-order valence-electron chi connectivity index (χ4n) is 4.88. The van der Waals surface area contributed by atoms with Crippen molar-refractivity contribution in [1.29, 1.82) is 0 Å². The molecule has 1 aliphatic rings. The molecular weight excluding hydrogens is 703 g/mol. The maximum absolute atomic E-state index is 13.8. The lowest BCUT2D eigenvalue weighted by Gasteiger charge is -2.30. The third kappa shape index (κ3) is 7.86. The second-order valence-corrected chi connectivity index (χ2v) is 11.7. The van der Waals surface area contributed by atoms with Crippen LogP contribution in [0.15, 0.2) is 72.8 Å². The minimum atomic E-state index is -1.19. The first-order valence-electron chi connectivity index (χ1n) is 13.8. The number of hydrogen-bond donors (Lipinski definition) is 4. The van der Waals surface area contributed by atoms with Crippen molar-refractivity contribution in [3.63, 3.8) is 0 Å². The van der Waals surface area contributed by atoms with Crippen LogP contribution in [0.25, 0.3) is 0 Å². The van der Waals surface area contributed by atoms with Gasteiger partial charge in [-0.1, -0.05) is 61.0 Å². The van der Waals surface area contributed by atoms with Gasteiger partial charge in [-0.15, -0.1) is 0 Å². The summed E-state index contributed by atoms with van der Waals surface area (Å²) < 4.78 is 6.43. The second kappa shape index (κ2) is 15.3. The maximum Gasteiger partial charge on any atom is 0.325 e. The summed E-state index contributed by atoms with van der Waals surface area (Å²) in [6.45, 7) is 1.11. The van der Waals surface area contributed by atoms with Crippen molar-refractivity contribution in [2.45, 2.75) is 24.9 Å². The molecule has 0 saturated carbocycles. The number of benzene rings is 3. The van der Waals surface area contributed by atoms with Gasteiger partial charge in [0.15, 0.2) is 6.61 Å². The molecule has 4 rings (SSSR count). The van der Waals surface area contributed by atoms with Gasteiger partial charge in [0, 0.05) is 22.6 Å². The second-order valence-electron chi connectivity index (χ2n) is 10.0. The predicted molar refractivity (Wildman–Crippen MR) is 172 cm³/mol. The van der Waals surface area contributed by atoms with Crippen molar-refractivity contribution in [3.05, 3.63) is 92.5 Å². The lowest BCUT2D eigenvalue weighted by molar-refractivity contribution is -0.134. The first-order chi connectivity index (χ1) is 21.1. The summed E-state index contributed by atoms with van der Waals surface area (Å²) in [5, 5.41) is 24.1.